The molecule has 166 valence electrons. The molecule has 0 bridgehead atoms. The second kappa shape index (κ2) is 9.28. The Kier molecular flexibility index (Phi) is 6.48. The van der Waals surface area contributed by atoms with Crippen LogP contribution in [-0.4, -0.2) is 44.9 Å². The molecule has 1 amide bonds. The maximum atomic E-state index is 13.1. The predicted octanol–water partition coefficient (Wildman–Crippen LogP) is 3.45. The van der Waals surface area contributed by atoms with Gasteiger partial charge in [0.1, 0.15) is 0 Å². The number of fused-ring (bicyclic) bond motifs is 1. The number of ether oxygens (including phenoxy) is 2. The van der Waals surface area contributed by atoms with E-state index in [4.69, 9.17) is 9.47 Å². The Morgan fingerprint density at radius 3 is 2.55 bits per heavy atom. The summed E-state index contributed by atoms with van der Waals surface area (Å²) in [6.45, 7) is 3.74. The fourth-order valence-electron chi connectivity index (χ4n) is 3.92. The van der Waals surface area contributed by atoms with Crippen molar-refractivity contribution < 1.29 is 22.7 Å². The van der Waals surface area contributed by atoms with Crippen molar-refractivity contribution in [3.8, 4) is 11.5 Å². The molecule has 2 aromatic rings. The number of piperidine rings is 1. The van der Waals surface area contributed by atoms with Crippen molar-refractivity contribution in [2.45, 2.75) is 37.5 Å². The van der Waals surface area contributed by atoms with Crippen molar-refractivity contribution in [3.63, 3.8) is 0 Å². The third-order valence-corrected chi connectivity index (χ3v) is 7.68. The van der Waals surface area contributed by atoms with Gasteiger partial charge in [0.2, 0.25) is 15.9 Å². The number of nitrogens with zero attached hydrogens (tertiary/aromatic N) is 1. The number of hydrogen-bond donors (Lipinski definition) is 1. The van der Waals surface area contributed by atoms with Gasteiger partial charge >= 0.3 is 0 Å². The van der Waals surface area contributed by atoms with Crippen molar-refractivity contribution in [2.75, 3.05) is 31.6 Å². The zero-order valence-corrected chi connectivity index (χ0v) is 18.5. The predicted molar refractivity (Wildman–Crippen MR) is 118 cm³/mol. The van der Waals surface area contributed by atoms with Crippen molar-refractivity contribution >= 4 is 21.6 Å². The number of nitrogens with one attached hydrogen (secondary N) is 1. The van der Waals surface area contributed by atoms with E-state index in [1.165, 1.54) is 10.4 Å². The van der Waals surface area contributed by atoms with Gasteiger partial charge in [0.25, 0.3) is 0 Å². The molecular formula is C23H28N2O5S. The van der Waals surface area contributed by atoms with E-state index in [2.05, 4.69) is 12.2 Å². The molecule has 2 heterocycles. The molecule has 7 nitrogen and oxygen atoms in total. The van der Waals surface area contributed by atoms with Gasteiger partial charge in [-0.05, 0) is 49.1 Å². The number of hydrogen-bond acceptors (Lipinski definition) is 5. The van der Waals surface area contributed by atoms with Crippen molar-refractivity contribution in [1.29, 1.82) is 0 Å². The molecular weight excluding hydrogens is 416 g/mol. The van der Waals surface area contributed by atoms with Crippen LogP contribution >= 0.6 is 0 Å². The molecule has 2 aliphatic rings. The van der Waals surface area contributed by atoms with Gasteiger partial charge < -0.3 is 14.8 Å². The van der Waals surface area contributed by atoms with Crippen molar-refractivity contribution in [2.24, 2.45) is 5.92 Å². The number of rotatable bonds is 5. The topological polar surface area (TPSA) is 84.9 Å². The fraction of sp³-hybridized carbons (Fsp3) is 0.435. The van der Waals surface area contributed by atoms with Crippen LogP contribution in [0.5, 0.6) is 11.5 Å². The number of carbonyl (C=O) groups excluding carboxylic acids is 1. The normalized spacial score (nSPS) is 17.7. The summed E-state index contributed by atoms with van der Waals surface area (Å²) in [6.07, 6.45) is 2.64. The molecule has 0 atom stereocenters. The smallest absolute Gasteiger partial charge is 0.243 e. The third-order valence-electron chi connectivity index (χ3n) is 5.78. The largest absolute Gasteiger partial charge is 0.490 e. The van der Waals surface area contributed by atoms with Gasteiger partial charge in [0.05, 0.1) is 18.1 Å². The van der Waals surface area contributed by atoms with Gasteiger partial charge in [-0.15, -0.1) is 0 Å². The van der Waals surface area contributed by atoms with Gasteiger partial charge in [-0.25, -0.2) is 8.42 Å². The molecule has 2 aliphatic heterocycles. The highest BCUT2D eigenvalue weighted by molar-refractivity contribution is 7.89. The van der Waals surface area contributed by atoms with Crippen LogP contribution in [0.3, 0.4) is 0 Å². The lowest BCUT2D eigenvalue weighted by atomic mass is 9.97. The lowest BCUT2D eigenvalue weighted by Crippen LogP contribution is -2.41. The lowest BCUT2D eigenvalue weighted by molar-refractivity contribution is -0.120. The first-order valence-corrected chi connectivity index (χ1v) is 12.2. The summed E-state index contributed by atoms with van der Waals surface area (Å²) in [5.41, 5.74) is 1.94. The number of aryl methyl sites for hydroxylation is 1. The van der Waals surface area contributed by atoms with E-state index in [1.807, 2.05) is 24.3 Å². The lowest BCUT2D eigenvalue weighted by Gasteiger charge is -2.30. The molecule has 0 saturated carbocycles. The number of carbonyl (C=O) groups is 1. The second-order valence-corrected chi connectivity index (χ2v) is 9.82. The van der Waals surface area contributed by atoms with E-state index >= 15 is 0 Å². The Hall–Kier alpha value is -2.58. The van der Waals surface area contributed by atoms with E-state index in [0.29, 0.717) is 50.6 Å². The van der Waals surface area contributed by atoms with Crippen LogP contribution in [-0.2, 0) is 21.2 Å². The maximum Gasteiger partial charge on any atom is 0.243 e. The molecule has 2 aromatic carbocycles. The molecule has 31 heavy (non-hydrogen) atoms. The monoisotopic (exact) mass is 444 g/mol. The molecule has 0 radical (unpaired) electrons. The van der Waals surface area contributed by atoms with Gasteiger partial charge in [-0.3, -0.25) is 4.79 Å². The van der Waals surface area contributed by atoms with Crippen LogP contribution in [0.1, 0.15) is 31.7 Å². The highest BCUT2D eigenvalue weighted by atomic mass is 32.2. The highest BCUT2D eigenvalue weighted by Gasteiger charge is 2.32. The number of benzene rings is 2. The van der Waals surface area contributed by atoms with Crippen molar-refractivity contribution in [1.82, 2.24) is 4.31 Å². The summed E-state index contributed by atoms with van der Waals surface area (Å²) in [4.78, 5) is 12.9. The minimum atomic E-state index is -3.66. The van der Waals surface area contributed by atoms with Gasteiger partial charge in [0, 0.05) is 37.2 Å². The van der Waals surface area contributed by atoms with E-state index in [0.717, 1.165) is 24.1 Å². The first kappa shape index (κ1) is 21.6. The molecule has 0 aromatic heterocycles. The van der Waals surface area contributed by atoms with E-state index in [1.54, 1.807) is 12.1 Å². The number of amides is 1. The Morgan fingerprint density at radius 2 is 1.81 bits per heavy atom. The number of sulfonamides is 1. The molecule has 1 N–H and O–H groups in total. The summed E-state index contributed by atoms with van der Waals surface area (Å²) < 4.78 is 38.9. The average Bonchev–Trinajstić information content (AvgIpc) is 3.04. The molecule has 0 unspecified atom stereocenters. The zero-order valence-electron chi connectivity index (χ0n) is 17.7. The summed E-state index contributed by atoms with van der Waals surface area (Å²) >= 11 is 0. The Morgan fingerprint density at radius 1 is 1.06 bits per heavy atom. The first-order valence-electron chi connectivity index (χ1n) is 10.8. The molecule has 0 aliphatic carbocycles. The molecule has 1 saturated heterocycles. The van der Waals surface area contributed by atoms with E-state index < -0.39 is 10.0 Å². The van der Waals surface area contributed by atoms with Crippen LogP contribution in [0.2, 0.25) is 0 Å². The van der Waals surface area contributed by atoms with Gasteiger partial charge in [0.15, 0.2) is 11.5 Å². The third kappa shape index (κ3) is 4.85. The summed E-state index contributed by atoms with van der Waals surface area (Å²) in [5.74, 6) is 0.766. The minimum Gasteiger partial charge on any atom is -0.490 e. The quantitative estimate of drug-likeness (QED) is 0.764. The SMILES string of the molecule is CCc1cccc(NC(=O)C2CCN(S(=O)(=O)c3ccc4c(c3)OCCCO4)CC2)c1. The first-order chi connectivity index (χ1) is 15.0. The number of anilines is 1. The van der Waals surface area contributed by atoms with Gasteiger partial charge in [-0.1, -0.05) is 19.1 Å². The Balaban J connectivity index is 1.39. The standard InChI is InChI=1S/C23H28N2O5S/c1-2-17-5-3-6-19(15-17)24-23(26)18-9-11-25(12-10-18)31(27,28)20-7-8-21-22(16-20)30-14-4-13-29-21/h3,5-8,15-16,18H,2,4,9-14H2,1H3,(H,24,26). The van der Waals surface area contributed by atoms with E-state index in [-0.39, 0.29) is 16.7 Å². The maximum absolute atomic E-state index is 13.1. The molecule has 0 spiro atoms. The zero-order chi connectivity index (χ0) is 21.8. The van der Waals surface area contributed by atoms with Crippen LogP contribution in [0.4, 0.5) is 5.69 Å². The van der Waals surface area contributed by atoms with Crippen molar-refractivity contribution in [3.05, 3.63) is 48.0 Å². The average molecular weight is 445 g/mol. The Labute approximate surface area is 183 Å². The molecule has 1 fully saturated rings. The summed E-state index contributed by atoms with van der Waals surface area (Å²) in [5, 5.41) is 2.97. The molecule has 4 rings (SSSR count). The van der Waals surface area contributed by atoms with E-state index in [9.17, 15) is 13.2 Å². The molecule has 8 heteroatoms. The highest BCUT2D eigenvalue weighted by Crippen LogP contribution is 2.34. The van der Waals surface area contributed by atoms with Crippen LogP contribution < -0.4 is 14.8 Å². The second-order valence-electron chi connectivity index (χ2n) is 7.88. The fourth-order valence-corrected chi connectivity index (χ4v) is 5.41. The summed E-state index contributed by atoms with van der Waals surface area (Å²) in [6, 6.07) is 12.6. The van der Waals surface area contributed by atoms with Crippen LogP contribution in [0, 0.1) is 5.92 Å². The Bertz CT molecular complexity index is 1050. The van der Waals surface area contributed by atoms with Crippen LogP contribution in [0.15, 0.2) is 47.4 Å². The van der Waals surface area contributed by atoms with Gasteiger partial charge in [-0.2, -0.15) is 4.31 Å². The van der Waals surface area contributed by atoms with Crippen LogP contribution in [0.25, 0.3) is 0 Å². The minimum absolute atomic E-state index is 0.0547. The summed E-state index contributed by atoms with van der Waals surface area (Å²) in [7, 11) is -3.66.